The zero-order valence-electron chi connectivity index (χ0n) is 12.1. The monoisotopic (exact) mass is 284 g/mol. The molecule has 2 atom stereocenters. The van der Waals surface area contributed by atoms with E-state index in [2.05, 4.69) is 27.8 Å². The van der Waals surface area contributed by atoms with Crippen molar-refractivity contribution in [1.82, 2.24) is 14.9 Å². The Morgan fingerprint density at radius 3 is 3.19 bits per heavy atom. The molecule has 0 fully saturated rings. The molecule has 5 heteroatoms. The number of amides is 1. The second-order valence-corrected chi connectivity index (χ2v) is 5.61. The van der Waals surface area contributed by atoms with Gasteiger partial charge in [-0.15, -0.1) is 0 Å². The molecule has 1 aromatic heterocycles. The molecule has 0 saturated heterocycles. The lowest BCUT2D eigenvalue weighted by Crippen LogP contribution is -2.43. The number of anilines is 1. The van der Waals surface area contributed by atoms with Gasteiger partial charge in [-0.3, -0.25) is 4.79 Å². The van der Waals surface area contributed by atoms with Gasteiger partial charge in [0.15, 0.2) is 0 Å². The van der Waals surface area contributed by atoms with Crippen molar-refractivity contribution in [3.8, 4) is 0 Å². The number of hydrogen-bond acceptors (Lipinski definition) is 3. The molecular formula is C16H20N4O. The van der Waals surface area contributed by atoms with Crippen molar-refractivity contribution in [3.63, 3.8) is 0 Å². The minimum atomic E-state index is -0.00913. The van der Waals surface area contributed by atoms with E-state index in [0.717, 1.165) is 18.7 Å². The Balaban J connectivity index is 1.56. The van der Waals surface area contributed by atoms with Gasteiger partial charge in [-0.1, -0.05) is 18.2 Å². The predicted molar refractivity (Wildman–Crippen MR) is 82.0 cm³/mol. The fourth-order valence-corrected chi connectivity index (χ4v) is 2.74. The Morgan fingerprint density at radius 1 is 1.52 bits per heavy atom. The first kappa shape index (κ1) is 13.7. The van der Waals surface area contributed by atoms with Crippen molar-refractivity contribution in [1.29, 1.82) is 0 Å². The molecule has 2 heterocycles. The van der Waals surface area contributed by atoms with Crippen LogP contribution in [-0.2, 0) is 17.8 Å². The Bertz CT molecular complexity index is 608. The highest BCUT2D eigenvalue weighted by Gasteiger charge is 2.25. The molecule has 0 saturated carbocycles. The van der Waals surface area contributed by atoms with E-state index in [4.69, 9.17) is 0 Å². The fourth-order valence-electron chi connectivity index (χ4n) is 2.74. The van der Waals surface area contributed by atoms with E-state index < -0.39 is 0 Å². The zero-order chi connectivity index (χ0) is 14.7. The van der Waals surface area contributed by atoms with E-state index in [1.807, 2.05) is 29.8 Å². The number of para-hydroxylation sites is 1. The number of nitrogens with one attached hydrogen (secondary N) is 2. The van der Waals surface area contributed by atoms with Crippen molar-refractivity contribution < 1.29 is 4.79 Å². The smallest absolute Gasteiger partial charge is 0.225 e. The Hall–Kier alpha value is -2.30. The first-order chi connectivity index (χ1) is 10.2. The molecule has 110 valence electrons. The molecule has 1 aliphatic heterocycles. The summed E-state index contributed by atoms with van der Waals surface area (Å²) >= 11 is 0. The van der Waals surface area contributed by atoms with Crippen molar-refractivity contribution in [3.05, 3.63) is 48.5 Å². The second-order valence-electron chi connectivity index (χ2n) is 5.61. The van der Waals surface area contributed by atoms with Crippen LogP contribution < -0.4 is 10.6 Å². The highest BCUT2D eigenvalue weighted by molar-refractivity contribution is 5.81. The van der Waals surface area contributed by atoms with Crippen LogP contribution in [0.15, 0.2) is 43.0 Å². The topological polar surface area (TPSA) is 59.0 Å². The van der Waals surface area contributed by atoms with Crippen LogP contribution in [0.5, 0.6) is 0 Å². The van der Waals surface area contributed by atoms with Crippen molar-refractivity contribution in [2.45, 2.75) is 25.9 Å². The molecule has 1 amide bonds. The van der Waals surface area contributed by atoms with Crippen LogP contribution in [0, 0.1) is 5.92 Å². The second kappa shape index (κ2) is 5.99. The summed E-state index contributed by atoms with van der Waals surface area (Å²) in [7, 11) is 0. The van der Waals surface area contributed by atoms with Gasteiger partial charge in [0.2, 0.25) is 5.91 Å². The summed E-state index contributed by atoms with van der Waals surface area (Å²) in [5, 5.41) is 6.43. The van der Waals surface area contributed by atoms with E-state index in [9.17, 15) is 4.79 Å². The molecule has 1 aliphatic rings. The van der Waals surface area contributed by atoms with Crippen LogP contribution in [0.4, 0.5) is 5.69 Å². The number of imidazole rings is 1. The molecule has 5 nitrogen and oxygen atoms in total. The fraction of sp³-hybridized carbons (Fsp3) is 0.375. The van der Waals surface area contributed by atoms with Gasteiger partial charge < -0.3 is 15.2 Å². The molecule has 1 aromatic carbocycles. The largest absolute Gasteiger partial charge is 0.384 e. The number of carbonyl (C=O) groups is 1. The zero-order valence-corrected chi connectivity index (χ0v) is 12.1. The number of benzene rings is 1. The summed E-state index contributed by atoms with van der Waals surface area (Å²) in [5.41, 5.74) is 2.36. The number of rotatable bonds is 4. The van der Waals surface area contributed by atoms with E-state index in [1.54, 1.807) is 12.5 Å². The van der Waals surface area contributed by atoms with Crippen LogP contribution in [-0.4, -0.2) is 28.0 Å². The molecule has 0 aliphatic carbocycles. The lowest BCUT2D eigenvalue weighted by Gasteiger charge is -2.26. The molecule has 0 radical (unpaired) electrons. The van der Waals surface area contributed by atoms with Gasteiger partial charge in [0.05, 0.1) is 12.2 Å². The number of nitrogens with zero attached hydrogens (tertiary/aromatic N) is 2. The molecule has 0 bridgehead atoms. The summed E-state index contributed by atoms with van der Waals surface area (Å²) in [6.07, 6.45) is 6.21. The SMILES string of the molecule is CC(Cn1ccnc1)NC(=O)C1CNc2ccccc2C1. The highest BCUT2D eigenvalue weighted by Crippen LogP contribution is 2.24. The van der Waals surface area contributed by atoms with Crippen LogP contribution in [0.25, 0.3) is 0 Å². The molecule has 2 unspecified atom stereocenters. The van der Waals surface area contributed by atoms with Gasteiger partial charge >= 0.3 is 0 Å². The average Bonchev–Trinajstić information content (AvgIpc) is 2.99. The van der Waals surface area contributed by atoms with Crippen LogP contribution in [0.2, 0.25) is 0 Å². The first-order valence-corrected chi connectivity index (χ1v) is 7.30. The normalized spacial score (nSPS) is 18.4. The minimum Gasteiger partial charge on any atom is -0.384 e. The van der Waals surface area contributed by atoms with E-state index in [-0.39, 0.29) is 17.9 Å². The quantitative estimate of drug-likeness (QED) is 0.898. The van der Waals surface area contributed by atoms with Crippen LogP contribution >= 0.6 is 0 Å². The molecule has 2 N–H and O–H groups in total. The molecular weight excluding hydrogens is 264 g/mol. The third-order valence-electron chi connectivity index (χ3n) is 3.83. The first-order valence-electron chi connectivity index (χ1n) is 7.30. The summed E-state index contributed by atoms with van der Waals surface area (Å²) in [5.74, 6) is 0.106. The van der Waals surface area contributed by atoms with E-state index >= 15 is 0 Å². The highest BCUT2D eigenvalue weighted by atomic mass is 16.2. The maximum atomic E-state index is 12.4. The van der Waals surface area contributed by atoms with Gasteiger partial charge in [0.1, 0.15) is 0 Å². The Morgan fingerprint density at radius 2 is 2.38 bits per heavy atom. The predicted octanol–water partition coefficient (Wildman–Crippen LogP) is 1.67. The van der Waals surface area contributed by atoms with Crippen molar-refractivity contribution >= 4 is 11.6 Å². The lowest BCUT2D eigenvalue weighted by molar-refractivity contribution is -0.125. The van der Waals surface area contributed by atoms with Crippen molar-refractivity contribution in [2.24, 2.45) is 5.92 Å². The number of fused-ring (bicyclic) bond motifs is 1. The third-order valence-corrected chi connectivity index (χ3v) is 3.83. The Kier molecular flexibility index (Phi) is 3.90. The minimum absolute atomic E-state index is 0.00913. The van der Waals surface area contributed by atoms with Gasteiger partial charge in [-0.25, -0.2) is 4.98 Å². The molecule has 21 heavy (non-hydrogen) atoms. The summed E-state index contributed by atoms with van der Waals surface area (Å²) < 4.78 is 1.97. The standard InChI is InChI=1S/C16H20N4O/c1-12(10-20-7-6-17-11-20)19-16(21)14-8-13-4-2-3-5-15(13)18-9-14/h2-7,11-12,14,18H,8-10H2,1H3,(H,19,21). The Labute approximate surface area is 124 Å². The number of carbonyl (C=O) groups excluding carboxylic acids is 1. The van der Waals surface area contributed by atoms with E-state index in [0.29, 0.717) is 6.54 Å². The third kappa shape index (κ3) is 3.24. The molecule has 0 spiro atoms. The molecule has 2 aromatic rings. The average molecular weight is 284 g/mol. The lowest BCUT2D eigenvalue weighted by atomic mass is 9.93. The van der Waals surface area contributed by atoms with Crippen LogP contribution in [0.3, 0.4) is 0 Å². The maximum absolute atomic E-state index is 12.4. The van der Waals surface area contributed by atoms with Gasteiger partial charge in [0, 0.05) is 37.2 Å². The number of aromatic nitrogens is 2. The van der Waals surface area contributed by atoms with E-state index in [1.165, 1.54) is 5.56 Å². The maximum Gasteiger partial charge on any atom is 0.225 e. The van der Waals surface area contributed by atoms with Gasteiger partial charge in [0.25, 0.3) is 0 Å². The summed E-state index contributed by atoms with van der Waals surface area (Å²) in [6.45, 7) is 3.45. The summed E-state index contributed by atoms with van der Waals surface area (Å²) in [4.78, 5) is 16.4. The van der Waals surface area contributed by atoms with Crippen LogP contribution in [0.1, 0.15) is 12.5 Å². The van der Waals surface area contributed by atoms with Gasteiger partial charge in [-0.05, 0) is 25.0 Å². The van der Waals surface area contributed by atoms with Crippen molar-refractivity contribution in [2.75, 3.05) is 11.9 Å². The summed E-state index contributed by atoms with van der Waals surface area (Å²) in [6, 6.07) is 8.26. The van der Waals surface area contributed by atoms with Gasteiger partial charge in [-0.2, -0.15) is 0 Å². The number of hydrogen-bond donors (Lipinski definition) is 2. The molecule has 3 rings (SSSR count).